The number of sulfonamides is 1. The Bertz CT molecular complexity index is 504. The molecule has 0 spiro atoms. The molecule has 90 valence electrons. The maximum atomic E-state index is 12.7. The van der Waals surface area contributed by atoms with Crippen LogP contribution >= 0.6 is 0 Å². The highest BCUT2D eigenvalue weighted by molar-refractivity contribution is 7.89. The van der Waals surface area contributed by atoms with Crippen LogP contribution in [-0.2, 0) is 10.0 Å². The summed E-state index contributed by atoms with van der Waals surface area (Å²) in [5.74, 6) is -0.829. The van der Waals surface area contributed by atoms with Gasteiger partial charge in [0.1, 0.15) is 11.4 Å². The maximum Gasteiger partial charge on any atom is 0.270 e. The number of nitrogens with zero attached hydrogens (tertiary/aromatic N) is 1. The zero-order valence-corrected chi connectivity index (χ0v) is 8.96. The standard InChI is InChI=1S/C7H9F2N3O3S/c1-15-7-5(6(8)9)3(16(11,13)14)2-4(10)12-7/h2,6H,1H3,(H2,10,12)(H2,11,13,14). The lowest BCUT2D eigenvalue weighted by atomic mass is 10.2. The first-order valence-electron chi connectivity index (χ1n) is 3.92. The van der Waals surface area contributed by atoms with Crippen molar-refractivity contribution in [2.75, 3.05) is 12.8 Å². The second-order valence-corrected chi connectivity index (χ2v) is 4.34. The van der Waals surface area contributed by atoms with E-state index in [2.05, 4.69) is 9.72 Å². The number of halogens is 2. The van der Waals surface area contributed by atoms with Crippen LogP contribution in [0.5, 0.6) is 5.88 Å². The van der Waals surface area contributed by atoms with E-state index in [0.29, 0.717) is 0 Å². The Morgan fingerprint density at radius 1 is 1.50 bits per heavy atom. The van der Waals surface area contributed by atoms with Crippen molar-refractivity contribution in [3.63, 3.8) is 0 Å². The van der Waals surface area contributed by atoms with Crippen molar-refractivity contribution in [1.29, 1.82) is 0 Å². The second kappa shape index (κ2) is 4.18. The van der Waals surface area contributed by atoms with Crippen LogP contribution < -0.4 is 15.6 Å². The van der Waals surface area contributed by atoms with Gasteiger partial charge in [-0.1, -0.05) is 0 Å². The van der Waals surface area contributed by atoms with Crippen LogP contribution in [0.15, 0.2) is 11.0 Å². The average Bonchev–Trinajstić information content (AvgIpc) is 2.14. The van der Waals surface area contributed by atoms with Crippen LogP contribution in [0.1, 0.15) is 12.0 Å². The molecular weight excluding hydrogens is 244 g/mol. The van der Waals surface area contributed by atoms with E-state index in [1.165, 1.54) is 0 Å². The van der Waals surface area contributed by atoms with Crippen molar-refractivity contribution in [1.82, 2.24) is 4.98 Å². The number of rotatable bonds is 3. The Kier molecular flexibility index (Phi) is 3.29. The number of anilines is 1. The largest absolute Gasteiger partial charge is 0.481 e. The van der Waals surface area contributed by atoms with Crippen LogP contribution in [0.3, 0.4) is 0 Å². The molecule has 9 heteroatoms. The van der Waals surface area contributed by atoms with E-state index < -0.39 is 32.8 Å². The number of ether oxygens (including phenoxy) is 1. The normalized spacial score (nSPS) is 11.8. The summed E-state index contributed by atoms with van der Waals surface area (Å²) in [6, 6.07) is 0.763. The van der Waals surface area contributed by atoms with Gasteiger partial charge >= 0.3 is 0 Å². The summed E-state index contributed by atoms with van der Waals surface area (Å²) < 4.78 is 52.0. The number of hydrogen-bond donors (Lipinski definition) is 2. The van der Waals surface area contributed by atoms with Crippen LogP contribution in [-0.4, -0.2) is 20.5 Å². The zero-order chi connectivity index (χ0) is 12.5. The third-order valence-electron chi connectivity index (χ3n) is 1.72. The van der Waals surface area contributed by atoms with Gasteiger partial charge in [-0.3, -0.25) is 0 Å². The Hall–Kier alpha value is -1.48. The first kappa shape index (κ1) is 12.6. The fourth-order valence-electron chi connectivity index (χ4n) is 1.12. The molecule has 0 radical (unpaired) electrons. The Balaban J connectivity index is 3.64. The fourth-order valence-corrected chi connectivity index (χ4v) is 1.89. The van der Waals surface area contributed by atoms with Crippen molar-refractivity contribution >= 4 is 15.8 Å². The van der Waals surface area contributed by atoms with Gasteiger partial charge in [-0.2, -0.15) is 4.98 Å². The van der Waals surface area contributed by atoms with Crippen molar-refractivity contribution in [2.45, 2.75) is 11.3 Å². The predicted octanol–water partition coefficient (Wildman–Crippen LogP) is 0.257. The van der Waals surface area contributed by atoms with Crippen molar-refractivity contribution in [3.8, 4) is 5.88 Å². The quantitative estimate of drug-likeness (QED) is 0.803. The molecule has 0 amide bonds. The lowest BCUT2D eigenvalue weighted by molar-refractivity contribution is 0.142. The van der Waals surface area contributed by atoms with E-state index in [-0.39, 0.29) is 5.82 Å². The molecule has 1 aromatic rings. The molecule has 16 heavy (non-hydrogen) atoms. The molecule has 0 aromatic carbocycles. The molecule has 4 N–H and O–H groups in total. The number of methoxy groups -OCH3 is 1. The summed E-state index contributed by atoms with van der Waals surface area (Å²) in [7, 11) is -3.24. The maximum absolute atomic E-state index is 12.7. The molecule has 0 saturated carbocycles. The molecule has 0 atom stereocenters. The van der Waals surface area contributed by atoms with Gasteiger partial charge in [-0.15, -0.1) is 0 Å². The van der Waals surface area contributed by atoms with Crippen LogP contribution in [0.2, 0.25) is 0 Å². The van der Waals surface area contributed by atoms with Crippen molar-refractivity contribution in [2.24, 2.45) is 5.14 Å². The third-order valence-corrected chi connectivity index (χ3v) is 2.67. The van der Waals surface area contributed by atoms with Gasteiger partial charge in [0.05, 0.1) is 12.0 Å². The number of aromatic nitrogens is 1. The molecular formula is C7H9F2N3O3S. The number of nitrogen functional groups attached to an aromatic ring is 1. The van der Waals surface area contributed by atoms with Crippen molar-refractivity contribution in [3.05, 3.63) is 11.6 Å². The fraction of sp³-hybridized carbons (Fsp3) is 0.286. The summed E-state index contributed by atoms with van der Waals surface area (Å²) in [4.78, 5) is 2.66. The molecule has 6 nitrogen and oxygen atoms in total. The highest BCUT2D eigenvalue weighted by Crippen LogP contribution is 2.33. The topological polar surface area (TPSA) is 108 Å². The van der Waals surface area contributed by atoms with E-state index in [0.717, 1.165) is 13.2 Å². The number of pyridine rings is 1. The smallest absolute Gasteiger partial charge is 0.270 e. The number of nitrogens with two attached hydrogens (primary N) is 2. The molecule has 0 aliphatic rings. The molecule has 0 aliphatic carbocycles. The van der Waals surface area contributed by atoms with Gasteiger partial charge in [0.25, 0.3) is 6.43 Å². The third kappa shape index (κ3) is 2.36. The van der Waals surface area contributed by atoms with Gasteiger partial charge < -0.3 is 10.5 Å². The Morgan fingerprint density at radius 3 is 2.44 bits per heavy atom. The molecule has 0 saturated heterocycles. The van der Waals surface area contributed by atoms with Gasteiger partial charge in [0, 0.05) is 6.07 Å². The number of hydrogen-bond acceptors (Lipinski definition) is 5. The minimum Gasteiger partial charge on any atom is -0.481 e. The van der Waals surface area contributed by atoms with Gasteiger partial charge in [-0.05, 0) is 0 Å². The minimum absolute atomic E-state index is 0.273. The highest BCUT2D eigenvalue weighted by atomic mass is 32.2. The Morgan fingerprint density at radius 2 is 2.06 bits per heavy atom. The van der Waals surface area contributed by atoms with Crippen LogP contribution in [0, 0.1) is 0 Å². The first-order valence-corrected chi connectivity index (χ1v) is 5.47. The predicted molar refractivity (Wildman–Crippen MR) is 51.5 cm³/mol. The number of alkyl halides is 2. The van der Waals surface area contributed by atoms with Gasteiger partial charge in [-0.25, -0.2) is 22.3 Å². The van der Waals surface area contributed by atoms with E-state index in [1.807, 2.05) is 0 Å². The monoisotopic (exact) mass is 253 g/mol. The van der Waals surface area contributed by atoms with Crippen molar-refractivity contribution < 1.29 is 21.9 Å². The van der Waals surface area contributed by atoms with Gasteiger partial charge in [0.2, 0.25) is 15.9 Å². The summed E-state index contributed by atoms with van der Waals surface area (Å²) >= 11 is 0. The SMILES string of the molecule is COc1nc(N)cc(S(N)(=O)=O)c1C(F)F. The summed E-state index contributed by atoms with van der Waals surface area (Å²) in [6.45, 7) is 0. The van der Waals surface area contributed by atoms with Gasteiger partial charge in [0.15, 0.2) is 0 Å². The lowest BCUT2D eigenvalue weighted by Crippen LogP contribution is -2.16. The molecule has 1 aromatic heterocycles. The zero-order valence-electron chi connectivity index (χ0n) is 8.15. The van der Waals surface area contributed by atoms with E-state index >= 15 is 0 Å². The molecule has 0 bridgehead atoms. The lowest BCUT2D eigenvalue weighted by Gasteiger charge is -2.11. The second-order valence-electron chi connectivity index (χ2n) is 2.81. The molecule has 0 aliphatic heterocycles. The molecule has 1 heterocycles. The summed E-state index contributed by atoms with van der Waals surface area (Å²) in [5, 5.41) is 4.79. The Labute approximate surface area is 90.3 Å². The average molecular weight is 253 g/mol. The first-order chi connectivity index (χ1) is 7.27. The van der Waals surface area contributed by atoms with E-state index in [1.54, 1.807) is 0 Å². The van der Waals surface area contributed by atoms with E-state index in [9.17, 15) is 17.2 Å². The van der Waals surface area contributed by atoms with Crippen LogP contribution in [0.25, 0.3) is 0 Å². The molecule has 1 rings (SSSR count). The molecule has 0 fully saturated rings. The van der Waals surface area contributed by atoms with Crippen LogP contribution in [0.4, 0.5) is 14.6 Å². The molecule has 0 unspecified atom stereocenters. The van der Waals surface area contributed by atoms with E-state index in [4.69, 9.17) is 10.9 Å². The summed E-state index contributed by atoms with van der Waals surface area (Å²) in [5.41, 5.74) is 4.36. The highest BCUT2D eigenvalue weighted by Gasteiger charge is 2.26. The number of primary sulfonamides is 1. The summed E-state index contributed by atoms with van der Waals surface area (Å²) in [6.07, 6.45) is -3.09. The minimum atomic E-state index is -4.31.